The highest BCUT2D eigenvalue weighted by Crippen LogP contribution is 2.23. The summed E-state index contributed by atoms with van der Waals surface area (Å²) in [5.41, 5.74) is 3.26. The van der Waals surface area contributed by atoms with Gasteiger partial charge in [0.15, 0.2) is 0 Å². The molecule has 0 unspecified atom stereocenters. The van der Waals surface area contributed by atoms with Crippen LogP contribution in [-0.2, 0) is 18.2 Å². The maximum Gasteiger partial charge on any atom is 0.109 e. The first kappa shape index (κ1) is 20.9. The van der Waals surface area contributed by atoms with Crippen molar-refractivity contribution in [1.29, 1.82) is 0 Å². The summed E-state index contributed by atoms with van der Waals surface area (Å²) in [5.74, 6) is 3.07. The van der Waals surface area contributed by atoms with Crippen molar-refractivity contribution in [3.05, 3.63) is 36.4 Å². The van der Waals surface area contributed by atoms with E-state index in [0.29, 0.717) is 11.8 Å². The van der Waals surface area contributed by atoms with E-state index in [1.165, 1.54) is 0 Å². The Balaban J connectivity index is 2.10. The SMILES string of the molecule is C=C(CCCc1nc2cc(N(CCCl)CCCl)ccc2n1C)OC(C)C. The zero-order valence-electron chi connectivity index (χ0n) is 16.0. The minimum atomic E-state index is 0.181. The zero-order chi connectivity index (χ0) is 19.1. The summed E-state index contributed by atoms with van der Waals surface area (Å²) in [4.78, 5) is 7.03. The van der Waals surface area contributed by atoms with Crippen LogP contribution in [0.25, 0.3) is 11.0 Å². The van der Waals surface area contributed by atoms with Crippen LogP contribution in [0.1, 0.15) is 32.5 Å². The number of hydrogen-bond donors (Lipinski definition) is 0. The lowest BCUT2D eigenvalue weighted by molar-refractivity contribution is 0.140. The fourth-order valence-corrected chi connectivity index (χ4v) is 3.48. The van der Waals surface area contributed by atoms with E-state index in [2.05, 4.69) is 41.3 Å². The normalized spacial score (nSPS) is 11.3. The molecule has 0 aliphatic heterocycles. The molecule has 144 valence electrons. The molecule has 0 aliphatic rings. The summed E-state index contributed by atoms with van der Waals surface area (Å²) in [7, 11) is 2.07. The lowest BCUT2D eigenvalue weighted by Crippen LogP contribution is -2.27. The first-order valence-corrected chi connectivity index (χ1v) is 10.2. The lowest BCUT2D eigenvalue weighted by Gasteiger charge is -2.22. The van der Waals surface area contributed by atoms with E-state index in [1.807, 2.05) is 13.8 Å². The molecule has 0 saturated heterocycles. The van der Waals surface area contributed by atoms with Crippen LogP contribution in [0.3, 0.4) is 0 Å². The Kier molecular flexibility index (Phi) is 8.11. The Bertz CT molecular complexity index is 721. The molecule has 1 aromatic carbocycles. The number of alkyl halides is 2. The number of fused-ring (bicyclic) bond motifs is 1. The maximum atomic E-state index is 5.92. The van der Waals surface area contributed by atoms with Crippen LogP contribution in [0.15, 0.2) is 30.5 Å². The fourth-order valence-electron chi connectivity index (χ4n) is 3.07. The predicted molar refractivity (Wildman–Crippen MR) is 113 cm³/mol. The molecule has 0 fully saturated rings. The molecule has 2 rings (SSSR count). The Morgan fingerprint density at radius 1 is 1.27 bits per heavy atom. The van der Waals surface area contributed by atoms with Crippen molar-refractivity contribution in [1.82, 2.24) is 9.55 Å². The molecule has 26 heavy (non-hydrogen) atoms. The third kappa shape index (κ3) is 5.55. The van der Waals surface area contributed by atoms with Crippen LogP contribution in [0.5, 0.6) is 0 Å². The summed E-state index contributed by atoms with van der Waals surface area (Å²) in [5, 5.41) is 0. The molecular weight excluding hydrogens is 369 g/mol. The minimum absolute atomic E-state index is 0.181. The highest BCUT2D eigenvalue weighted by molar-refractivity contribution is 6.18. The molecule has 0 bridgehead atoms. The van der Waals surface area contributed by atoms with Crippen LogP contribution < -0.4 is 4.90 Å². The first-order chi connectivity index (χ1) is 12.5. The van der Waals surface area contributed by atoms with E-state index in [4.69, 9.17) is 32.9 Å². The molecule has 0 saturated carbocycles. The van der Waals surface area contributed by atoms with E-state index in [0.717, 1.165) is 60.7 Å². The second kappa shape index (κ2) is 10.1. The average molecular weight is 398 g/mol. The second-order valence-electron chi connectivity index (χ2n) is 6.68. The molecule has 6 heteroatoms. The molecule has 1 aromatic heterocycles. The van der Waals surface area contributed by atoms with Crippen LogP contribution >= 0.6 is 23.2 Å². The van der Waals surface area contributed by atoms with Crippen LogP contribution in [0.4, 0.5) is 5.69 Å². The van der Waals surface area contributed by atoms with Gasteiger partial charge >= 0.3 is 0 Å². The van der Waals surface area contributed by atoms with Crippen molar-refractivity contribution < 1.29 is 4.74 Å². The number of hydrogen-bond acceptors (Lipinski definition) is 3. The van der Waals surface area contributed by atoms with Gasteiger partial charge in [0, 0.05) is 50.4 Å². The minimum Gasteiger partial charge on any atom is -0.496 e. The van der Waals surface area contributed by atoms with Gasteiger partial charge in [-0.15, -0.1) is 23.2 Å². The number of rotatable bonds is 11. The molecular formula is C20H29Cl2N3O. The smallest absolute Gasteiger partial charge is 0.109 e. The zero-order valence-corrected chi connectivity index (χ0v) is 17.5. The van der Waals surface area contributed by atoms with E-state index in [9.17, 15) is 0 Å². The van der Waals surface area contributed by atoms with Gasteiger partial charge < -0.3 is 14.2 Å². The molecule has 2 aromatic rings. The van der Waals surface area contributed by atoms with Gasteiger partial charge in [-0.25, -0.2) is 4.98 Å². The Morgan fingerprint density at radius 2 is 1.96 bits per heavy atom. The summed E-state index contributed by atoms with van der Waals surface area (Å²) < 4.78 is 7.78. The maximum absolute atomic E-state index is 5.92. The van der Waals surface area contributed by atoms with E-state index < -0.39 is 0 Å². The predicted octanol–water partition coefficient (Wildman–Crippen LogP) is 5.12. The van der Waals surface area contributed by atoms with Gasteiger partial charge in [-0.3, -0.25) is 0 Å². The number of nitrogens with zero attached hydrogens (tertiary/aromatic N) is 3. The van der Waals surface area contributed by atoms with Crippen molar-refractivity contribution in [2.75, 3.05) is 29.7 Å². The van der Waals surface area contributed by atoms with Crippen molar-refractivity contribution in [2.24, 2.45) is 7.05 Å². The Hall–Kier alpha value is -1.39. The van der Waals surface area contributed by atoms with Gasteiger partial charge in [0.25, 0.3) is 0 Å². The van der Waals surface area contributed by atoms with Crippen LogP contribution in [-0.4, -0.2) is 40.5 Å². The standard InChI is InChI=1S/C20H29Cl2N3O/c1-15(2)26-16(3)6-5-7-20-23-18-14-17(8-9-19(18)24(20)4)25(12-10-21)13-11-22/h8-9,14-15H,3,5-7,10-13H2,1-2,4H3. The number of imidazole rings is 1. The summed E-state index contributed by atoms with van der Waals surface area (Å²) in [6.07, 6.45) is 2.90. The molecule has 0 spiro atoms. The number of ether oxygens (including phenoxy) is 1. The highest BCUT2D eigenvalue weighted by Gasteiger charge is 2.12. The molecule has 0 radical (unpaired) electrons. The number of anilines is 1. The van der Waals surface area contributed by atoms with Gasteiger partial charge in [-0.05, 0) is 38.5 Å². The average Bonchev–Trinajstić information content (AvgIpc) is 2.89. The van der Waals surface area contributed by atoms with Crippen molar-refractivity contribution in [2.45, 2.75) is 39.2 Å². The van der Waals surface area contributed by atoms with Crippen LogP contribution in [0.2, 0.25) is 0 Å². The third-order valence-electron chi connectivity index (χ3n) is 4.29. The molecule has 0 N–H and O–H groups in total. The van der Waals surface area contributed by atoms with Gasteiger partial charge in [-0.2, -0.15) is 0 Å². The number of halogens is 2. The van der Waals surface area contributed by atoms with E-state index >= 15 is 0 Å². The van der Waals surface area contributed by atoms with Gasteiger partial charge in [0.1, 0.15) is 5.82 Å². The van der Waals surface area contributed by atoms with Gasteiger partial charge in [0.2, 0.25) is 0 Å². The highest BCUT2D eigenvalue weighted by atomic mass is 35.5. The van der Waals surface area contributed by atoms with Crippen molar-refractivity contribution >= 4 is 39.9 Å². The molecule has 1 heterocycles. The van der Waals surface area contributed by atoms with Crippen LogP contribution in [0, 0.1) is 0 Å². The monoisotopic (exact) mass is 397 g/mol. The number of allylic oxidation sites excluding steroid dienone is 1. The number of benzene rings is 1. The lowest BCUT2D eigenvalue weighted by atomic mass is 10.2. The topological polar surface area (TPSA) is 30.3 Å². The summed E-state index contributed by atoms with van der Waals surface area (Å²) in [6.45, 7) is 9.57. The van der Waals surface area contributed by atoms with Crippen molar-refractivity contribution in [3.63, 3.8) is 0 Å². The molecule has 0 aliphatic carbocycles. The van der Waals surface area contributed by atoms with Gasteiger partial charge in [0.05, 0.1) is 22.9 Å². The Labute approximate surface area is 166 Å². The summed E-state index contributed by atoms with van der Waals surface area (Å²) >= 11 is 11.8. The quantitative estimate of drug-likeness (QED) is 0.389. The number of aromatic nitrogens is 2. The van der Waals surface area contributed by atoms with Gasteiger partial charge in [-0.1, -0.05) is 6.58 Å². The Morgan fingerprint density at radius 3 is 2.58 bits per heavy atom. The first-order valence-electron chi connectivity index (χ1n) is 9.13. The molecule has 0 atom stereocenters. The third-order valence-corrected chi connectivity index (χ3v) is 4.63. The van der Waals surface area contributed by atoms with E-state index in [1.54, 1.807) is 0 Å². The molecule has 0 amide bonds. The largest absolute Gasteiger partial charge is 0.496 e. The second-order valence-corrected chi connectivity index (χ2v) is 7.44. The number of aryl methyl sites for hydroxylation is 2. The summed E-state index contributed by atoms with van der Waals surface area (Å²) in [6, 6.07) is 6.36. The van der Waals surface area contributed by atoms with E-state index in [-0.39, 0.29) is 6.10 Å². The van der Waals surface area contributed by atoms with Crippen molar-refractivity contribution in [3.8, 4) is 0 Å². The fraction of sp³-hybridized carbons (Fsp3) is 0.550. The molecule has 4 nitrogen and oxygen atoms in total.